The zero-order valence-electron chi connectivity index (χ0n) is 10.8. The van der Waals surface area contributed by atoms with E-state index in [1.807, 2.05) is 19.1 Å². The fourth-order valence-corrected chi connectivity index (χ4v) is 1.69. The number of nitrogens with two attached hydrogens (primary N) is 1. The Balaban J connectivity index is 2.28. The largest absolute Gasteiger partial charge is 0.480 e. The van der Waals surface area contributed by atoms with Crippen LogP contribution in [0.4, 0.5) is 11.4 Å². The lowest BCUT2D eigenvalue weighted by Crippen LogP contribution is -2.15. The van der Waals surface area contributed by atoms with Crippen LogP contribution in [-0.4, -0.2) is 18.0 Å². The molecule has 0 spiro atoms. The smallest absolute Gasteiger partial charge is 0.261 e. The molecule has 0 aliphatic heterocycles. The average Bonchev–Trinajstić information content (AvgIpc) is 2.42. The highest BCUT2D eigenvalue weighted by atomic mass is 16.5. The van der Waals surface area contributed by atoms with Crippen LogP contribution in [0.15, 0.2) is 36.5 Å². The molecule has 1 amide bonds. The number of hydrogen-bond acceptors (Lipinski definition) is 4. The van der Waals surface area contributed by atoms with Crippen LogP contribution in [0, 0.1) is 6.92 Å². The molecule has 0 saturated carbocycles. The molecule has 5 nitrogen and oxygen atoms in total. The number of pyridine rings is 1. The minimum Gasteiger partial charge on any atom is -0.480 e. The third kappa shape index (κ3) is 2.82. The molecule has 0 bridgehead atoms. The third-order valence-corrected chi connectivity index (χ3v) is 2.67. The fraction of sp³-hybridized carbons (Fsp3) is 0.143. The summed E-state index contributed by atoms with van der Waals surface area (Å²) >= 11 is 0. The van der Waals surface area contributed by atoms with Crippen LogP contribution >= 0.6 is 0 Å². The first kappa shape index (κ1) is 12.9. The zero-order chi connectivity index (χ0) is 13.8. The van der Waals surface area contributed by atoms with Gasteiger partial charge in [-0.3, -0.25) is 4.79 Å². The Morgan fingerprint density at radius 1 is 1.37 bits per heavy atom. The van der Waals surface area contributed by atoms with Gasteiger partial charge in [0.1, 0.15) is 5.56 Å². The molecule has 98 valence electrons. The van der Waals surface area contributed by atoms with Crippen molar-refractivity contribution in [1.29, 1.82) is 0 Å². The van der Waals surface area contributed by atoms with E-state index in [4.69, 9.17) is 10.5 Å². The maximum atomic E-state index is 12.2. The van der Waals surface area contributed by atoms with Crippen molar-refractivity contribution in [3.8, 4) is 5.88 Å². The van der Waals surface area contributed by atoms with Gasteiger partial charge in [-0.1, -0.05) is 6.07 Å². The van der Waals surface area contributed by atoms with Crippen LogP contribution < -0.4 is 15.8 Å². The second-order valence-electron chi connectivity index (χ2n) is 4.11. The SMILES string of the molecule is COc1ncccc1C(=O)Nc1cc(C)ccc1N. The highest BCUT2D eigenvalue weighted by Gasteiger charge is 2.13. The lowest BCUT2D eigenvalue weighted by atomic mass is 10.2. The lowest BCUT2D eigenvalue weighted by Gasteiger charge is -2.10. The van der Waals surface area contributed by atoms with Gasteiger partial charge in [-0.05, 0) is 36.8 Å². The van der Waals surface area contributed by atoms with E-state index < -0.39 is 0 Å². The Labute approximate surface area is 111 Å². The summed E-state index contributed by atoms with van der Waals surface area (Å²) in [7, 11) is 1.47. The number of aryl methyl sites for hydroxylation is 1. The number of benzene rings is 1. The van der Waals surface area contributed by atoms with Crippen molar-refractivity contribution >= 4 is 17.3 Å². The molecular weight excluding hydrogens is 242 g/mol. The molecule has 0 aliphatic carbocycles. The Morgan fingerprint density at radius 2 is 2.16 bits per heavy atom. The molecular formula is C14H15N3O2. The monoisotopic (exact) mass is 257 g/mol. The number of carbonyl (C=O) groups excluding carboxylic acids is 1. The molecule has 5 heteroatoms. The molecule has 2 aromatic rings. The van der Waals surface area contributed by atoms with E-state index in [0.717, 1.165) is 5.56 Å². The lowest BCUT2D eigenvalue weighted by molar-refractivity contribution is 0.102. The minimum absolute atomic E-state index is 0.284. The number of anilines is 2. The Bertz CT molecular complexity index is 611. The number of aromatic nitrogens is 1. The molecule has 1 aromatic carbocycles. The number of rotatable bonds is 3. The van der Waals surface area contributed by atoms with Gasteiger partial charge in [-0.2, -0.15) is 0 Å². The molecule has 0 unspecified atom stereocenters. The van der Waals surface area contributed by atoms with Crippen molar-refractivity contribution in [1.82, 2.24) is 4.98 Å². The van der Waals surface area contributed by atoms with Gasteiger partial charge in [0, 0.05) is 6.20 Å². The van der Waals surface area contributed by atoms with E-state index in [0.29, 0.717) is 16.9 Å². The summed E-state index contributed by atoms with van der Waals surface area (Å²) < 4.78 is 5.05. The van der Waals surface area contributed by atoms with Gasteiger partial charge in [-0.25, -0.2) is 4.98 Å². The molecule has 0 atom stereocenters. The minimum atomic E-state index is -0.303. The van der Waals surface area contributed by atoms with Gasteiger partial charge in [0.15, 0.2) is 0 Å². The van der Waals surface area contributed by atoms with E-state index in [-0.39, 0.29) is 11.8 Å². The van der Waals surface area contributed by atoms with Gasteiger partial charge in [-0.15, -0.1) is 0 Å². The predicted octanol–water partition coefficient (Wildman–Crippen LogP) is 2.23. The van der Waals surface area contributed by atoms with Crippen LogP contribution in [0.3, 0.4) is 0 Å². The van der Waals surface area contributed by atoms with Gasteiger partial charge in [0.05, 0.1) is 18.5 Å². The van der Waals surface area contributed by atoms with E-state index in [9.17, 15) is 4.79 Å². The van der Waals surface area contributed by atoms with Crippen LogP contribution in [0.1, 0.15) is 15.9 Å². The van der Waals surface area contributed by atoms with E-state index in [2.05, 4.69) is 10.3 Å². The van der Waals surface area contributed by atoms with Crippen molar-refractivity contribution in [3.05, 3.63) is 47.7 Å². The van der Waals surface area contributed by atoms with E-state index in [1.165, 1.54) is 7.11 Å². The standard InChI is InChI=1S/C14H15N3O2/c1-9-5-6-11(15)12(8-9)17-13(18)10-4-3-7-16-14(10)19-2/h3-8H,15H2,1-2H3,(H,17,18). The second-order valence-corrected chi connectivity index (χ2v) is 4.11. The number of nitrogens with one attached hydrogen (secondary N) is 1. The van der Waals surface area contributed by atoms with Crippen LogP contribution in [0.2, 0.25) is 0 Å². The quantitative estimate of drug-likeness (QED) is 0.827. The maximum absolute atomic E-state index is 12.2. The van der Waals surface area contributed by atoms with Crippen molar-refractivity contribution in [2.24, 2.45) is 0 Å². The number of nitrogen functional groups attached to an aromatic ring is 1. The van der Waals surface area contributed by atoms with E-state index in [1.54, 1.807) is 24.4 Å². The number of hydrogen-bond donors (Lipinski definition) is 2. The molecule has 0 saturated heterocycles. The summed E-state index contributed by atoms with van der Waals surface area (Å²) in [6, 6.07) is 8.78. The highest BCUT2D eigenvalue weighted by Crippen LogP contribution is 2.22. The number of carbonyl (C=O) groups is 1. The molecule has 0 radical (unpaired) electrons. The zero-order valence-corrected chi connectivity index (χ0v) is 10.8. The van der Waals surface area contributed by atoms with Crippen LogP contribution in [0.25, 0.3) is 0 Å². The molecule has 19 heavy (non-hydrogen) atoms. The number of ether oxygens (including phenoxy) is 1. The summed E-state index contributed by atoms with van der Waals surface area (Å²) in [6.45, 7) is 1.93. The van der Waals surface area contributed by atoms with Crippen LogP contribution in [-0.2, 0) is 0 Å². The Kier molecular flexibility index (Phi) is 3.66. The molecule has 2 rings (SSSR count). The van der Waals surface area contributed by atoms with Crippen molar-refractivity contribution < 1.29 is 9.53 Å². The number of methoxy groups -OCH3 is 1. The van der Waals surface area contributed by atoms with Gasteiger partial charge < -0.3 is 15.8 Å². The summed E-state index contributed by atoms with van der Waals surface area (Å²) in [4.78, 5) is 16.2. The first-order valence-electron chi connectivity index (χ1n) is 5.78. The number of nitrogens with zero attached hydrogens (tertiary/aromatic N) is 1. The molecule has 1 heterocycles. The molecule has 0 fully saturated rings. The highest BCUT2D eigenvalue weighted by molar-refractivity contribution is 6.07. The summed E-state index contributed by atoms with van der Waals surface area (Å²) in [5.41, 5.74) is 8.30. The molecule has 1 aromatic heterocycles. The molecule has 3 N–H and O–H groups in total. The first-order chi connectivity index (χ1) is 9.11. The maximum Gasteiger partial charge on any atom is 0.261 e. The topological polar surface area (TPSA) is 77.2 Å². The van der Waals surface area contributed by atoms with Crippen LogP contribution in [0.5, 0.6) is 5.88 Å². The third-order valence-electron chi connectivity index (χ3n) is 2.67. The Hall–Kier alpha value is -2.56. The first-order valence-corrected chi connectivity index (χ1v) is 5.78. The summed E-state index contributed by atoms with van der Waals surface area (Å²) in [5.74, 6) is -0.0199. The fourth-order valence-electron chi connectivity index (χ4n) is 1.69. The Morgan fingerprint density at radius 3 is 2.89 bits per heavy atom. The molecule has 0 aliphatic rings. The second kappa shape index (κ2) is 5.39. The summed E-state index contributed by atoms with van der Waals surface area (Å²) in [6.07, 6.45) is 1.57. The van der Waals surface area contributed by atoms with Gasteiger partial charge in [0.2, 0.25) is 5.88 Å². The predicted molar refractivity (Wildman–Crippen MR) is 74.3 cm³/mol. The van der Waals surface area contributed by atoms with Crippen molar-refractivity contribution in [2.75, 3.05) is 18.2 Å². The number of amides is 1. The van der Waals surface area contributed by atoms with E-state index >= 15 is 0 Å². The normalized spacial score (nSPS) is 10.0. The van der Waals surface area contributed by atoms with Crippen molar-refractivity contribution in [2.45, 2.75) is 6.92 Å². The van der Waals surface area contributed by atoms with Crippen molar-refractivity contribution in [3.63, 3.8) is 0 Å². The van der Waals surface area contributed by atoms with Gasteiger partial charge >= 0.3 is 0 Å². The summed E-state index contributed by atoms with van der Waals surface area (Å²) in [5, 5.41) is 2.76. The van der Waals surface area contributed by atoms with Gasteiger partial charge in [0.25, 0.3) is 5.91 Å². The average molecular weight is 257 g/mol.